The Morgan fingerprint density at radius 2 is 0.780 bits per heavy atom. The Hall–Kier alpha value is -7.48. The van der Waals surface area contributed by atoms with Crippen LogP contribution >= 0.6 is 0 Å². The first-order valence-corrected chi connectivity index (χ1v) is 20.7. The molecule has 10 aromatic rings. The van der Waals surface area contributed by atoms with Gasteiger partial charge in [-0.1, -0.05) is 182 Å². The summed E-state index contributed by atoms with van der Waals surface area (Å²) in [5.41, 5.74) is 19.5. The van der Waals surface area contributed by atoms with Crippen molar-refractivity contribution in [2.24, 2.45) is 0 Å². The van der Waals surface area contributed by atoms with E-state index in [-0.39, 0.29) is 0 Å². The summed E-state index contributed by atoms with van der Waals surface area (Å²) in [6.45, 7) is 0. The molecule has 0 amide bonds. The van der Waals surface area contributed by atoms with Crippen molar-refractivity contribution in [2.45, 2.75) is 10.8 Å². The van der Waals surface area contributed by atoms with Crippen molar-refractivity contribution in [2.75, 3.05) is 0 Å². The van der Waals surface area contributed by atoms with Crippen LogP contribution in [0.3, 0.4) is 0 Å². The molecule has 272 valence electrons. The minimum atomic E-state index is -0.571. The molecule has 0 aromatic heterocycles. The summed E-state index contributed by atoms with van der Waals surface area (Å²) < 4.78 is 6.98. The minimum absolute atomic E-state index is 0.440. The molecule has 0 fully saturated rings. The molecule has 1 heteroatoms. The summed E-state index contributed by atoms with van der Waals surface area (Å²) in [4.78, 5) is 0. The van der Waals surface area contributed by atoms with Crippen LogP contribution in [0.1, 0.15) is 44.5 Å². The average molecular weight is 747 g/mol. The molecule has 1 nitrogen and oxygen atoms in total. The van der Waals surface area contributed by atoms with Crippen molar-refractivity contribution in [3.05, 3.63) is 251 Å². The predicted octanol–water partition coefficient (Wildman–Crippen LogP) is 14.5. The van der Waals surface area contributed by atoms with E-state index in [1.165, 1.54) is 111 Å². The second-order valence-electron chi connectivity index (χ2n) is 16.6. The van der Waals surface area contributed by atoms with Crippen LogP contribution < -0.4 is 4.74 Å². The third-order valence-corrected chi connectivity index (χ3v) is 14.1. The van der Waals surface area contributed by atoms with Gasteiger partial charge in [-0.05, 0) is 124 Å². The van der Waals surface area contributed by atoms with Gasteiger partial charge in [-0.3, -0.25) is 0 Å². The van der Waals surface area contributed by atoms with E-state index in [1.807, 2.05) is 0 Å². The van der Waals surface area contributed by atoms with Gasteiger partial charge in [0.05, 0.1) is 10.8 Å². The highest BCUT2D eigenvalue weighted by Crippen LogP contribution is 2.65. The van der Waals surface area contributed by atoms with Crippen LogP contribution in [0, 0.1) is 0 Å². The fourth-order valence-electron chi connectivity index (χ4n) is 12.0. The van der Waals surface area contributed by atoms with Gasteiger partial charge in [0.2, 0.25) is 0 Å². The second-order valence-corrected chi connectivity index (χ2v) is 16.6. The first kappa shape index (κ1) is 31.6. The topological polar surface area (TPSA) is 9.23 Å². The Labute approximate surface area is 342 Å². The van der Waals surface area contributed by atoms with Crippen LogP contribution in [0.5, 0.6) is 11.5 Å². The van der Waals surface area contributed by atoms with E-state index in [0.717, 1.165) is 11.5 Å². The average Bonchev–Trinajstić information content (AvgIpc) is 3.76. The SMILES string of the molecule is c1ccc2c(c1)-c1ccccc1C21c2cc(-c3ccc4c(c3)-c3ccccc3C43c4ccccc4-c4cccc5cccc3c45)ccc2Oc2ccc3ccccc3c21. The molecule has 1 unspecified atom stereocenters. The molecular weight excluding hydrogens is 713 g/mol. The van der Waals surface area contributed by atoms with Crippen LogP contribution in [-0.2, 0) is 10.8 Å². The van der Waals surface area contributed by atoms with E-state index < -0.39 is 10.8 Å². The van der Waals surface area contributed by atoms with E-state index in [4.69, 9.17) is 4.74 Å². The molecule has 0 saturated carbocycles. The highest BCUT2D eigenvalue weighted by molar-refractivity contribution is 6.07. The summed E-state index contributed by atoms with van der Waals surface area (Å²) in [5.74, 6) is 1.82. The van der Waals surface area contributed by atoms with Crippen molar-refractivity contribution in [3.8, 4) is 56.0 Å². The van der Waals surface area contributed by atoms with Gasteiger partial charge < -0.3 is 4.74 Å². The van der Waals surface area contributed by atoms with Gasteiger partial charge in [-0.2, -0.15) is 0 Å². The van der Waals surface area contributed by atoms with Crippen LogP contribution in [0.15, 0.2) is 206 Å². The molecule has 0 N–H and O–H groups in total. The Morgan fingerprint density at radius 1 is 0.288 bits per heavy atom. The Bertz CT molecular complexity index is 3450. The van der Waals surface area contributed by atoms with Crippen LogP contribution in [0.2, 0.25) is 0 Å². The molecule has 0 saturated heterocycles. The van der Waals surface area contributed by atoms with Crippen LogP contribution in [0.25, 0.3) is 66.1 Å². The summed E-state index contributed by atoms with van der Waals surface area (Å²) >= 11 is 0. The van der Waals surface area contributed by atoms with Gasteiger partial charge >= 0.3 is 0 Å². The van der Waals surface area contributed by atoms with Crippen molar-refractivity contribution in [1.29, 1.82) is 0 Å². The quantitative estimate of drug-likeness (QED) is 0.163. The zero-order valence-corrected chi connectivity index (χ0v) is 32.0. The number of hydrogen-bond donors (Lipinski definition) is 0. The molecule has 0 radical (unpaired) electrons. The number of hydrogen-bond acceptors (Lipinski definition) is 1. The summed E-state index contributed by atoms with van der Waals surface area (Å²) in [7, 11) is 0. The lowest BCUT2D eigenvalue weighted by Crippen LogP contribution is -2.32. The summed E-state index contributed by atoms with van der Waals surface area (Å²) in [6, 6.07) is 77.3. The first-order valence-electron chi connectivity index (χ1n) is 20.7. The minimum Gasteiger partial charge on any atom is -0.457 e. The van der Waals surface area contributed by atoms with Crippen molar-refractivity contribution in [1.82, 2.24) is 0 Å². The molecule has 2 spiro atoms. The highest BCUT2D eigenvalue weighted by atomic mass is 16.5. The van der Waals surface area contributed by atoms with Gasteiger partial charge in [0.25, 0.3) is 0 Å². The molecule has 1 aliphatic heterocycles. The fraction of sp³-hybridized carbons (Fsp3) is 0.0345. The van der Waals surface area contributed by atoms with Gasteiger partial charge in [-0.25, -0.2) is 0 Å². The maximum Gasteiger partial charge on any atom is 0.132 e. The normalized spacial score (nSPS) is 16.5. The molecule has 0 bridgehead atoms. The standard InChI is InChI=1S/C58H34O/c1-2-16-39-35(13-1)28-32-54-56(39)58(48-24-9-3-17-40(48)41-18-4-10-25-49(41)58)52-34-38(29-31-53(52)59-54)37-27-30-50-45(33-37)43-20-6-8-23-47(43)57(50)46-22-7-5-19-42(46)44-21-11-14-36-15-12-26-51(57)55(36)44/h1-34H. The van der Waals surface area contributed by atoms with Crippen molar-refractivity contribution < 1.29 is 4.74 Å². The van der Waals surface area contributed by atoms with E-state index >= 15 is 0 Å². The maximum absolute atomic E-state index is 6.98. The van der Waals surface area contributed by atoms with Gasteiger partial charge in [-0.15, -0.1) is 0 Å². The van der Waals surface area contributed by atoms with Gasteiger partial charge in [0.15, 0.2) is 0 Å². The lowest BCUT2D eigenvalue weighted by atomic mass is 9.61. The van der Waals surface area contributed by atoms with Crippen molar-refractivity contribution >= 4 is 21.5 Å². The zero-order valence-electron chi connectivity index (χ0n) is 32.0. The fourth-order valence-corrected chi connectivity index (χ4v) is 12.0. The Kier molecular flexibility index (Phi) is 5.96. The molecule has 4 aliphatic rings. The lowest BCUT2D eigenvalue weighted by Gasteiger charge is -2.40. The smallest absolute Gasteiger partial charge is 0.132 e. The van der Waals surface area contributed by atoms with E-state index in [1.54, 1.807) is 0 Å². The Balaban J connectivity index is 1.04. The molecule has 14 rings (SSSR count). The second kappa shape index (κ2) is 11.1. The first-order chi connectivity index (χ1) is 29.3. The van der Waals surface area contributed by atoms with Gasteiger partial charge in [0.1, 0.15) is 11.5 Å². The Morgan fingerprint density at radius 3 is 1.51 bits per heavy atom. The van der Waals surface area contributed by atoms with E-state index in [2.05, 4.69) is 206 Å². The molecule has 3 aliphatic carbocycles. The highest BCUT2D eigenvalue weighted by Gasteiger charge is 2.53. The van der Waals surface area contributed by atoms with Crippen LogP contribution in [-0.4, -0.2) is 0 Å². The summed E-state index contributed by atoms with van der Waals surface area (Å²) in [5, 5.41) is 5.07. The molecule has 1 heterocycles. The van der Waals surface area contributed by atoms with E-state index in [0.29, 0.717) is 0 Å². The predicted molar refractivity (Wildman–Crippen MR) is 241 cm³/mol. The van der Waals surface area contributed by atoms with Crippen molar-refractivity contribution in [3.63, 3.8) is 0 Å². The monoisotopic (exact) mass is 746 g/mol. The number of fused-ring (bicyclic) bond motifs is 20. The third-order valence-electron chi connectivity index (χ3n) is 14.1. The number of rotatable bonds is 1. The maximum atomic E-state index is 6.98. The summed E-state index contributed by atoms with van der Waals surface area (Å²) in [6.07, 6.45) is 0. The molecule has 10 aromatic carbocycles. The lowest BCUT2D eigenvalue weighted by molar-refractivity contribution is 0.438. The van der Waals surface area contributed by atoms with Gasteiger partial charge in [0, 0.05) is 11.1 Å². The largest absolute Gasteiger partial charge is 0.457 e. The zero-order chi connectivity index (χ0) is 38.5. The number of benzene rings is 10. The van der Waals surface area contributed by atoms with Crippen LogP contribution in [0.4, 0.5) is 0 Å². The number of ether oxygens (including phenoxy) is 1. The molecule has 1 atom stereocenters. The molecular formula is C58H34O. The third kappa shape index (κ3) is 3.73. The van der Waals surface area contributed by atoms with E-state index in [9.17, 15) is 0 Å². The molecule has 59 heavy (non-hydrogen) atoms.